The fourth-order valence-corrected chi connectivity index (χ4v) is 3.77. The molecular formula is C21H21N3O2. The number of aromatic amines is 1. The first-order valence-electron chi connectivity index (χ1n) is 8.97. The van der Waals surface area contributed by atoms with Crippen LogP contribution in [0.1, 0.15) is 40.4 Å². The molecule has 0 aliphatic carbocycles. The molecule has 2 aromatic heterocycles. The number of piperidine rings is 1. The Bertz CT molecular complexity index is 1000. The molecule has 26 heavy (non-hydrogen) atoms. The number of carbonyl (C=O) groups excluding carboxylic acids is 1. The Morgan fingerprint density at radius 2 is 1.85 bits per heavy atom. The standard InChI is InChI=1S/C21H21N3O2/c1-14-19(16-6-2-3-8-18(16)23-20(14)25)21(26)24-12-9-15(10-13-24)17-7-4-5-11-22-17/h2-8,11,15H,9-10,12-13H2,1H3,(H,23,25). The molecule has 0 unspecified atom stereocenters. The molecule has 0 bridgehead atoms. The van der Waals surface area contributed by atoms with Crippen LogP contribution in [0.3, 0.4) is 0 Å². The second-order valence-corrected chi connectivity index (χ2v) is 6.82. The summed E-state index contributed by atoms with van der Waals surface area (Å²) in [6.07, 6.45) is 3.60. The van der Waals surface area contributed by atoms with Crippen molar-refractivity contribution in [3.63, 3.8) is 0 Å². The molecule has 1 aliphatic heterocycles. The van der Waals surface area contributed by atoms with E-state index in [0.717, 1.165) is 23.9 Å². The summed E-state index contributed by atoms with van der Waals surface area (Å²) in [5.41, 5.74) is 2.61. The van der Waals surface area contributed by atoms with Gasteiger partial charge in [-0.3, -0.25) is 14.6 Å². The van der Waals surface area contributed by atoms with Gasteiger partial charge in [0.2, 0.25) is 0 Å². The zero-order chi connectivity index (χ0) is 18.1. The molecule has 0 spiro atoms. The van der Waals surface area contributed by atoms with Gasteiger partial charge >= 0.3 is 0 Å². The minimum absolute atomic E-state index is 0.0516. The molecule has 3 heterocycles. The molecule has 5 heteroatoms. The highest BCUT2D eigenvalue weighted by molar-refractivity contribution is 6.07. The van der Waals surface area contributed by atoms with Crippen LogP contribution in [0, 0.1) is 6.92 Å². The predicted octanol–water partition coefficient (Wildman–Crippen LogP) is 3.25. The zero-order valence-corrected chi connectivity index (χ0v) is 14.7. The lowest BCUT2D eigenvalue weighted by atomic mass is 9.92. The Kier molecular flexibility index (Phi) is 4.29. The largest absolute Gasteiger partial charge is 0.339 e. The number of nitrogens with one attached hydrogen (secondary N) is 1. The Labute approximate surface area is 151 Å². The molecule has 1 fully saturated rings. The number of carbonyl (C=O) groups is 1. The van der Waals surface area contributed by atoms with E-state index in [2.05, 4.69) is 16.0 Å². The Hall–Kier alpha value is -2.95. The van der Waals surface area contributed by atoms with Crippen LogP contribution in [0.4, 0.5) is 0 Å². The molecule has 4 rings (SSSR count). The molecule has 0 radical (unpaired) electrons. The van der Waals surface area contributed by atoms with Crippen LogP contribution in [-0.2, 0) is 0 Å². The van der Waals surface area contributed by atoms with Crippen molar-refractivity contribution in [2.75, 3.05) is 13.1 Å². The van der Waals surface area contributed by atoms with Gasteiger partial charge in [0, 0.05) is 47.4 Å². The van der Waals surface area contributed by atoms with Gasteiger partial charge in [0.15, 0.2) is 0 Å². The van der Waals surface area contributed by atoms with E-state index in [-0.39, 0.29) is 11.5 Å². The van der Waals surface area contributed by atoms with Crippen molar-refractivity contribution in [1.29, 1.82) is 0 Å². The zero-order valence-electron chi connectivity index (χ0n) is 14.7. The van der Waals surface area contributed by atoms with Crippen molar-refractivity contribution in [1.82, 2.24) is 14.9 Å². The van der Waals surface area contributed by atoms with Gasteiger partial charge in [-0.1, -0.05) is 24.3 Å². The van der Waals surface area contributed by atoms with Gasteiger partial charge in [-0.2, -0.15) is 0 Å². The highest BCUT2D eigenvalue weighted by Gasteiger charge is 2.27. The number of hydrogen-bond donors (Lipinski definition) is 1. The number of rotatable bonds is 2. The maximum atomic E-state index is 13.2. The minimum Gasteiger partial charge on any atom is -0.339 e. The summed E-state index contributed by atoms with van der Waals surface area (Å²) < 4.78 is 0. The van der Waals surface area contributed by atoms with Crippen molar-refractivity contribution in [2.45, 2.75) is 25.7 Å². The second kappa shape index (κ2) is 6.75. The molecule has 1 aromatic carbocycles. The lowest BCUT2D eigenvalue weighted by Crippen LogP contribution is -2.39. The number of likely N-dealkylation sites (tertiary alicyclic amines) is 1. The molecule has 0 atom stereocenters. The number of pyridine rings is 2. The average molecular weight is 347 g/mol. The summed E-state index contributed by atoms with van der Waals surface area (Å²) in [6, 6.07) is 13.5. The summed E-state index contributed by atoms with van der Waals surface area (Å²) in [7, 11) is 0. The van der Waals surface area contributed by atoms with Crippen LogP contribution < -0.4 is 5.56 Å². The number of amides is 1. The lowest BCUT2D eigenvalue weighted by molar-refractivity contribution is 0.0713. The summed E-state index contributed by atoms with van der Waals surface area (Å²) in [5, 5.41) is 0.807. The van der Waals surface area contributed by atoms with Crippen LogP contribution in [0.5, 0.6) is 0 Å². The third kappa shape index (κ3) is 2.90. The van der Waals surface area contributed by atoms with E-state index in [9.17, 15) is 9.59 Å². The van der Waals surface area contributed by atoms with E-state index in [1.165, 1.54) is 0 Å². The topological polar surface area (TPSA) is 66.1 Å². The lowest BCUT2D eigenvalue weighted by Gasteiger charge is -2.32. The molecule has 132 valence electrons. The highest BCUT2D eigenvalue weighted by atomic mass is 16.2. The monoisotopic (exact) mass is 347 g/mol. The molecule has 0 saturated carbocycles. The number of benzene rings is 1. The van der Waals surface area contributed by atoms with Crippen LogP contribution in [0.2, 0.25) is 0 Å². The molecule has 1 aliphatic rings. The number of para-hydroxylation sites is 1. The molecule has 3 aromatic rings. The normalized spacial score (nSPS) is 15.3. The predicted molar refractivity (Wildman–Crippen MR) is 101 cm³/mol. The smallest absolute Gasteiger partial charge is 0.255 e. The van der Waals surface area contributed by atoms with Gasteiger partial charge in [-0.15, -0.1) is 0 Å². The van der Waals surface area contributed by atoms with E-state index >= 15 is 0 Å². The van der Waals surface area contributed by atoms with E-state index in [1.54, 1.807) is 6.92 Å². The third-order valence-electron chi connectivity index (χ3n) is 5.26. The van der Waals surface area contributed by atoms with E-state index in [4.69, 9.17) is 0 Å². The van der Waals surface area contributed by atoms with Crippen molar-refractivity contribution in [3.8, 4) is 0 Å². The van der Waals surface area contributed by atoms with Crippen molar-refractivity contribution in [3.05, 3.63) is 75.8 Å². The minimum atomic E-state index is -0.199. The first kappa shape index (κ1) is 16.5. The quantitative estimate of drug-likeness (QED) is 0.774. The summed E-state index contributed by atoms with van der Waals surface area (Å²) >= 11 is 0. The molecule has 1 N–H and O–H groups in total. The fraction of sp³-hybridized carbons (Fsp3) is 0.286. The number of nitrogens with zero attached hydrogens (tertiary/aromatic N) is 2. The van der Waals surface area contributed by atoms with Crippen LogP contribution >= 0.6 is 0 Å². The molecular weight excluding hydrogens is 326 g/mol. The molecule has 5 nitrogen and oxygen atoms in total. The first-order chi connectivity index (χ1) is 12.6. The van der Waals surface area contributed by atoms with Crippen LogP contribution in [-0.4, -0.2) is 33.9 Å². The Morgan fingerprint density at radius 3 is 2.58 bits per heavy atom. The summed E-state index contributed by atoms with van der Waals surface area (Å²) in [4.78, 5) is 34.6. The number of fused-ring (bicyclic) bond motifs is 1. The SMILES string of the molecule is Cc1c(C(=O)N2CCC(c3ccccn3)CC2)c2ccccc2[nH]c1=O. The van der Waals surface area contributed by atoms with Crippen LogP contribution in [0.25, 0.3) is 10.9 Å². The van der Waals surface area contributed by atoms with Gasteiger partial charge in [0.05, 0.1) is 5.56 Å². The molecule has 1 amide bonds. The number of aromatic nitrogens is 2. The second-order valence-electron chi connectivity index (χ2n) is 6.82. The van der Waals surface area contributed by atoms with Crippen LogP contribution in [0.15, 0.2) is 53.5 Å². The first-order valence-corrected chi connectivity index (χ1v) is 8.97. The van der Waals surface area contributed by atoms with Crippen molar-refractivity contribution in [2.24, 2.45) is 0 Å². The van der Waals surface area contributed by atoms with Crippen molar-refractivity contribution < 1.29 is 4.79 Å². The third-order valence-corrected chi connectivity index (χ3v) is 5.26. The van der Waals surface area contributed by atoms with Gasteiger partial charge < -0.3 is 9.88 Å². The van der Waals surface area contributed by atoms with E-state index in [0.29, 0.717) is 35.7 Å². The molecule has 1 saturated heterocycles. The number of hydrogen-bond acceptors (Lipinski definition) is 3. The van der Waals surface area contributed by atoms with E-state index < -0.39 is 0 Å². The maximum absolute atomic E-state index is 13.2. The van der Waals surface area contributed by atoms with Gasteiger partial charge in [-0.25, -0.2) is 0 Å². The summed E-state index contributed by atoms with van der Waals surface area (Å²) in [5.74, 6) is 0.335. The van der Waals surface area contributed by atoms with E-state index in [1.807, 2.05) is 47.5 Å². The Morgan fingerprint density at radius 1 is 1.12 bits per heavy atom. The number of H-pyrrole nitrogens is 1. The fourth-order valence-electron chi connectivity index (χ4n) is 3.77. The maximum Gasteiger partial charge on any atom is 0.255 e. The summed E-state index contributed by atoms with van der Waals surface area (Å²) in [6.45, 7) is 3.08. The van der Waals surface area contributed by atoms with Gasteiger partial charge in [0.25, 0.3) is 11.5 Å². The van der Waals surface area contributed by atoms with Gasteiger partial charge in [-0.05, 0) is 38.0 Å². The van der Waals surface area contributed by atoms with Crippen molar-refractivity contribution >= 4 is 16.8 Å². The Balaban J connectivity index is 1.61. The van der Waals surface area contributed by atoms with Gasteiger partial charge in [0.1, 0.15) is 0 Å². The average Bonchev–Trinajstić information content (AvgIpc) is 2.69. The highest BCUT2D eigenvalue weighted by Crippen LogP contribution is 2.28.